The Morgan fingerprint density at radius 2 is 1.43 bits per heavy atom. The van der Waals surface area contributed by atoms with Crippen molar-refractivity contribution in [2.24, 2.45) is 0 Å². The zero-order valence-electron chi connectivity index (χ0n) is 18.9. The topological polar surface area (TPSA) is 111 Å². The van der Waals surface area contributed by atoms with Crippen LogP contribution in [-0.4, -0.2) is 31.1 Å². The van der Waals surface area contributed by atoms with Crippen LogP contribution in [0.1, 0.15) is 13.0 Å². The minimum Gasteiger partial charge on any atom is -0.331 e. The Labute approximate surface area is 200 Å². The molecule has 0 aliphatic rings. The van der Waals surface area contributed by atoms with Gasteiger partial charge in [-0.2, -0.15) is 5.10 Å². The molecule has 2 aromatic heterocycles. The molecule has 3 aromatic carbocycles. The molecule has 5 rings (SSSR count). The summed E-state index contributed by atoms with van der Waals surface area (Å²) in [4.78, 5) is 42.1. The first-order valence-corrected chi connectivity index (χ1v) is 11.1. The molecule has 2 N–H and O–H groups in total. The number of aromatic nitrogens is 4. The highest BCUT2D eigenvalue weighted by atomic mass is 16.2. The summed E-state index contributed by atoms with van der Waals surface area (Å²) in [5.41, 5.74) is 2.53. The second-order valence-corrected chi connectivity index (χ2v) is 8.12. The highest BCUT2D eigenvalue weighted by Crippen LogP contribution is 2.20. The molecule has 1 atom stereocenters. The maximum absolute atomic E-state index is 12.9. The molecule has 0 radical (unpaired) electrons. The fraction of sp³-hybridized carbons (Fsp3) is 0.115. The van der Waals surface area contributed by atoms with Gasteiger partial charge in [-0.05, 0) is 55.5 Å². The molecule has 2 heterocycles. The molecule has 1 unspecified atom stereocenters. The number of carbonyl (C=O) groups is 2. The number of amides is 2. The van der Waals surface area contributed by atoms with Gasteiger partial charge in [-0.1, -0.05) is 24.3 Å². The van der Waals surface area contributed by atoms with Gasteiger partial charge in [0.05, 0.1) is 11.0 Å². The maximum Gasteiger partial charge on any atom is 0.249 e. The Kier molecular flexibility index (Phi) is 5.80. The van der Waals surface area contributed by atoms with Crippen molar-refractivity contribution < 1.29 is 9.59 Å². The fourth-order valence-electron chi connectivity index (χ4n) is 4.01. The van der Waals surface area contributed by atoms with E-state index >= 15 is 0 Å². The molecular weight excluding hydrogens is 444 g/mol. The lowest BCUT2D eigenvalue weighted by Crippen LogP contribution is -2.24. The van der Waals surface area contributed by atoms with Crippen LogP contribution in [0.3, 0.4) is 0 Å². The first-order chi connectivity index (χ1) is 17.0. The fourth-order valence-corrected chi connectivity index (χ4v) is 4.01. The predicted molar refractivity (Wildman–Crippen MR) is 134 cm³/mol. The van der Waals surface area contributed by atoms with Crippen molar-refractivity contribution in [2.45, 2.75) is 19.5 Å². The van der Waals surface area contributed by atoms with Crippen molar-refractivity contribution in [3.05, 3.63) is 95.7 Å². The van der Waals surface area contributed by atoms with Crippen LogP contribution in [0.25, 0.3) is 21.8 Å². The molecule has 35 heavy (non-hydrogen) atoms. The standard InChI is InChI=1S/C26H22N6O3/c1-17(32-16-27-15-28-32)26(35)30-19-12-10-18(11-13-19)29-24(33)14-31-22-8-4-2-6-20(22)25(34)21-7-3-5-9-23(21)31/h2-13,15-17H,14H2,1H3,(H,29,33)(H,30,35). The Balaban J connectivity index is 1.32. The summed E-state index contributed by atoms with van der Waals surface area (Å²) in [7, 11) is 0. The average molecular weight is 467 g/mol. The number of anilines is 2. The molecule has 0 saturated heterocycles. The molecule has 9 heteroatoms. The number of pyridine rings is 1. The van der Waals surface area contributed by atoms with Gasteiger partial charge in [0.25, 0.3) is 0 Å². The van der Waals surface area contributed by atoms with E-state index in [1.165, 1.54) is 17.3 Å². The molecule has 0 spiro atoms. The number of para-hydroxylation sites is 2. The van der Waals surface area contributed by atoms with Crippen LogP contribution >= 0.6 is 0 Å². The lowest BCUT2D eigenvalue weighted by molar-refractivity contribution is -0.119. The second kappa shape index (κ2) is 9.22. The predicted octanol–water partition coefficient (Wildman–Crippen LogP) is 3.58. The van der Waals surface area contributed by atoms with Crippen LogP contribution in [-0.2, 0) is 16.1 Å². The number of carbonyl (C=O) groups excluding carboxylic acids is 2. The largest absolute Gasteiger partial charge is 0.331 e. The van der Waals surface area contributed by atoms with Crippen LogP contribution < -0.4 is 16.1 Å². The van der Waals surface area contributed by atoms with Gasteiger partial charge in [0, 0.05) is 22.1 Å². The van der Waals surface area contributed by atoms with Crippen molar-refractivity contribution in [3.8, 4) is 0 Å². The minimum atomic E-state index is -0.515. The van der Waals surface area contributed by atoms with Gasteiger partial charge in [0.2, 0.25) is 11.8 Å². The minimum absolute atomic E-state index is 0.0369. The van der Waals surface area contributed by atoms with Crippen LogP contribution in [0.5, 0.6) is 0 Å². The van der Waals surface area contributed by atoms with Crippen molar-refractivity contribution in [2.75, 3.05) is 10.6 Å². The lowest BCUT2D eigenvalue weighted by Gasteiger charge is -2.15. The molecule has 9 nitrogen and oxygen atoms in total. The molecular formula is C26H22N6O3. The summed E-state index contributed by atoms with van der Waals surface area (Å²) in [5, 5.41) is 10.8. The van der Waals surface area contributed by atoms with Gasteiger partial charge >= 0.3 is 0 Å². The number of rotatable bonds is 6. The maximum atomic E-state index is 12.9. The van der Waals surface area contributed by atoms with Gasteiger partial charge in [-0.25, -0.2) is 9.67 Å². The van der Waals surface area contributed by atoms with Gasteiger partial charge in [0.15, 0.2) is 5.43 Å². The molecule has 2 amide bonds. The van der Waals surface area contributed by atoms with E-state index < -0.39 is 6.04 Å². The molecule has 0 fully saturated rings. The van der Waals surface area contributed by atoms with Crippen LogP contribution in [0.4, 0.5) is 11.4 Å². The van der Waals surface area contributed by atoms with Gasteiger partial charge in [0.1, 0.15) is 25.2 Å². The van der Waals surface area contributed by atoms with E-state index in [1.54, 1.807) is 43.3 Å². The van der Waals surface area contributed by atoms with Crippen LogP contribution in [0.15, 0.2) is 90.2 Å². The first kappa shape index (κ1) is 22.0. The number of hydrogen-bond donors (Lipinski definition) is 2. The molecule has 0 aliphatic carbocycles. The van der Waals surface area contributed by atoms with Crippen molar-refractivity contribution >= 4 is 45.0 Å². The summed E-state index contributed by atoms with van der Waals surface area (Å²) in [5.74, 6) is -0.468. The van der Waals surface area contributed by atoms with E-state index in [-0.39, 0.29) is 23.8 Å². The van der Waals surface area contributed by atoms with E-state index in [0.29, 0.717) is 33.2 Å². The number of hydrogen-bond acceptors (Lipinski definition) is 5. The first-order valence-electron chi connectivity index (χ1n) is 11.1. The Bertz CT molecular complexity index is 1530. The number of nitrogens with zero attached hydrogens (tertiary/aromatic N) is 4. The summed E-state index contributed by atoms with van der Waals surface area (Å²) < 4.78 is 3.32. The highest BCUT2D eigenvalue weighted by molar-refractivity contribution is 5.97. The Morgan fingerprint density at radius 3 is 2.00 bits per heavy atom. The Morgan fingerprint density at radius 1 is 0.857 bits per heavy atom. The second-order valence-electron chi connectivity index (χ2n) is 8.12. The summed E-state index contributed by atoms with van der Waals surface area (Å²) in [6, 6.07) is 20.9. The number of nitrogens with one attached hydrogen (secondary N) is 2. The highest BCUT2D eigenvalue weighted by Gasteiger charge is 2.16. The zero-order valence-corrected chi connectivity index (χ0v) is 18.9. The third kappa shape index (κ3) is 4.39. The monoisotopic (exact) mass is 466 g/mol. The summed E-state index contributed by atoms with van der Waals surface area (Å²) >= 11 is 0. The molecule has 174 valence electrons. The Hall–Kier alpha value is -4.79. The zero-order chi connectivity index (χ0) is 24.4. The lowest BCUT2D eigenvalue weighted by atomic mass is 10.1. The number of fused-ring (bicyclic) bond motifs is 2. The van der Waals surface area contributed by atoms with Gasteiger partial charge in [-0.15, -0.1) is 0 Å². The average Bonchev–Trinajstić information content (AvgIpc) is 3.42. The van der Waals surface area contributed by atoms with E-state index in [2.05, 4.69) is 20.7 Å². The molecule has 0 aliphatic heterocycles. The van der Waals surface area contributed by atoms with E-state index in [9.17, 15) is 14.4 Å². The van der Waals surface area contributed by atoms with Crippen molar-refractivity contribution in [1.82, 2.24) is 19.3 Å². The third-order valence-corrected chi connectivity index (χ3v) is 5.83. The van der Waals surface area contributed by atoms with Crippen LogP contribution in [0.2, 0.25) is 0 Å². The van der Waals surface area contributed by atoms with Gasteiger partial charge < -0.3 is 15.2 Å². The SMILES string of the molecule is CC(C(=O)Nc1ccc(NC(=O)Cn2c3ccccc3c(=O)c3ccccc32)cc1)n1cncn1. The van der Waals surface area contributed by atoms with E-state index in [4.69, 9.17) is 0 Å². The molecule has 0 saturated carbocycles. The molecule has 0 bridgehead atoms. The van der Waals surface area contributed by atoms with Crippen molar-refractivity contribution in [3.63, 3.8) is 0 Å². The van der Waals surface area contributed by atoms with E-state index in [0.717, 1.165) is 0 Å². The summed E-state index contributed by atoms with van der Waals surface area (Å²) in [6.07, 6.45) is 2.86. The smallest absolute Gasteiger partial charge is 0.249 e. The van der Waals surface area contributed by atoms with Crippen LogP contribution in [0, 0.1) is 0 Å². The van der Waals surface area contributed by atoms with Gasteiger partial charge in [-0.3, -0.25) is 14.4 Å². The summed E-state index contributed by atoms with van der Waals surface area (Å²) in [6.45, 7) is 1.76. The third-order valence-electron chi connectivity index (χ3n) is 5.83. The van der Waals surface area contributed by atoms with Crippen molar-refractivity contribution in [1.29, 1.82) is 0 Å². The normalized spacial score (nSPS) is 11.9. The van der Waals surface area contributed by atoms with E-state index in [1.807, 2.05) is 41.0 Å². The molecule has 5 aromatic rings. The number of benzene rings is 3. The quantitative estimate of drug-likeness (QED) is 0.372.